The molecule has 1 atom stereocenters. The van der Waals surface area contributed by atoms with Gasteiger partial charge in [0.2, 0.25) is 24.4 Å². The number of nitrogens with zero attached hydrogens (tertiary/aromatic N) is 3. The molecule has 3 heterocycles. The van der Waals surface area contributed by atoms with Crippen molar-refractivity contribution >= 4 is 5.91 Å². The van der Waals surface area contributed by atoms with Crippen molar-refractivity contribution in [3.63, 3.8) is 0 Å². The van der Waals surface area contributed by atoms with Crippen molar-refractivity contribution in [2.24, 2.45) is 0 Å². The smallest absolute Gasteiger partial charge is 0.249 e. The summed E-state index contributed by atoms with van der Waals surface area (Å²) >= 11 is 0. The van der Waals surface area contributed by atoms with Crippen LogP contribution in [-0.4, -0.2) is 27.7 Å². The molecule has 0 aliphatic carbocycles. The highest BCUT2D eigenvalue weighted by Crippen LogP contribution is 2.37. The van der Waals surface area contributed by atoms with Gasteiger partial charge in [0.05, 0.1) is 0 Å². The van der Waals surface area contributed by atoms with Crippen LogP contribution >= 0.6 is 0 Å². The van der Waals surface area contributed by atoms with Crippen LogP contribution in [0.25, 0.3) is 11.4 Å². The molecule has 2 aliphatic heterocycles. The molecule has 1 fully saturated rings. The maximum atomic E-state index is 12.6. The van der Waals surface area contributed by atoms with Crippen LogP contribution in [0.3, 0.4) is 0 Å². The van der Waals surface area contributed by atoms with Gasteiger partial charge in [-0.25, -0.2) is 0 Å². The van der Waals surface area contributed by atoms with Gasteiger partial charge in [-0.2, -0.15) is 4.98 Å². The summed E-state index contributed by atoms with van der Waals surface area (Å²) < 4.78 is 16.4. The van der Waals surface area contributed by atoms with E-state index in [1.165, 1.54) is 5.56 Å². The Bertz CT molecular complexity index is 1110. The Morgan fingerprint density at radius 1 is 1.06 bits per heavy atom. The van der Waals surface area contributed by atoms with E-state index < -0.39 is 0 Å². The maximum absolute atomic E-state index is 12.6. The molecule has 1 amide bonds. The van der Waals surface area contributed by atoms with Gasteiger partial charge in [-0.05, 0) is 41.2 Å². The first-order chi connectivity index (χ1) is 14.9. The van der Waals surface area contributed by atoms with Gasteiger partial charge in [-0.1, -0.05) is 50.2 Å². The summed E-state index contributed by atoms with van der Waals surface area (Å²) in [5, 5.41) is 4.14. The summed E-state index contributed by atoms with van der Waals surface area (Å²) in [5.74, 6) is 2.41. The number of ether oxygens (including phenoxy) is 2. The van der Waals surface area contributed by atoms with Crippen molar-refractivity contribution in [1.29, 1.82) is 0 Å². The second-order valence-corrected chi connectivity index (χ2v) is 9.05. The normalized spacial score (nSPS) is 18.1. The number of carbonyl (C=O) groups excluding carboxylic acids is 1. The SMILES string of the molecule is CC(C)(C)c1ccc(CN2C(=O)CCC2c2nc(-c3ccc4c(c3)OCO4)no2)cc1. The van der Waals surface area contributed by atoms with Crippen molar-refractivity contribution < 1.29 is 18.8 Å². The second kappa shape index (κ2) is 7.41. The van der Waals surface area contributed by atoms with Crippen LogP contribution in [0.2, 0.25) is 0 Å². The van der Waals surface area contributed by atoms with Crippen LogP contribution in [0.1, 0.15) is 56.7 Å². The summed E-state index contributed by atoms with van der Waals surface area (Å²) in [4.78, 5) is 19.0. The van der Waals surface area contributed by atoms with Crippen LogP contribution in [0.5, 0.6) is 11.5 Å². The molecule has 31 heavy (non-hydrogen) atoms. The van der Waals surface area contributed by atoms with Crippen LogP contribution in [0.4, 0.5) is 0 Å². The monoisotopic (exact) mass is 419 g/mol. The molecule has 2 aromatic carbocycles. The topological polar surface area (TPSA) is 77.7 Å². The predicted octanol–water partition coefficient (Wildman–Crippen LogP) is 4.63. The fourth-order valence-corrected chi connectivity index (χ4v) is 4.02. The molecule has 0 N–H and O–H groups in total. The highest BCUT2D eigenvalue weighted by molar-refractivity contribution is 5.79. The minimum absolute atomic E-state index is 0.0966. The number of carbonyl (C=O) groups is 1. The third-order valence-electron chi connectivity index (χ3n) is 5.86. The van der Waals surface area contributed by atoms with E-state index in [4.69, 9.17) is 14.0 Å². The van der Waals surface area contributed by atoms with Crippen LogP contribution in [0, 0.1) is 0 Å². The number of likely N-dealkylation sites (tertiary alicyclic amines) is 1. The zero-order valence-electron chi connectivity index (χ0n) is 17.9. The van der Waals surface area contributed by atoms with Gasteiger partial charge in [0.15, 0.2) is 11.5 Å². The fourth-order valence-electron chi connectivity index (χ4n) is 4.02. The molecular weight excluding hydrogens is 394 g/mol. The second-order valence-electron chi connectivity index (χ2n) is 9.05. The molecule has 1 saturated heterocycles. The van der Waals surface area contributed by atoms with Crippen molar-refractivity contribution in [3.05, 3.63) is 59.5 Å². The molecule has 2 aliphatic rings. The van der Waals surface area contributed by atoms with E-state index in [0.717, 1.165) is 11.1 Å². The van der Waals surface area contributed by atoms with Gasteiger partial charge in [-0.3, -0.25) is 4.79 Å². The summed E-state index contributed by atoms with van der Waals surface area (Å²) in [6, 6.07) is 13.8. The van der Waals surface area contributed by atoms with E-state index in [1.807, 2.05) is 23.1 Å². The third kappa shape index (κ3) is 3.76. The molecule has 7 heteroatoms. The minimum atomic E-state index is -0.218. The Morgan fingerprint density at radius 2 is 1.84 bits per heavy atom. The standard InChI is InChI=1S/C24H25N3O4/c1-24(2,3)17-7-4-15(5-8-17)13-27-18(9-11-21(27)28)23-25-22(26-31-23)16-6-10-19-20(12-16)30-14-29-19/h4-8,10,12,18H,9,11,13-14H2,1-3H3. The van der Waals surface area contributed by atoms with Crippen molar-refractivity contribution in [2.45, 2.75) is 51.6 Å². The largest absolute Gasteiger partial charge is 0.454 e. The lowest BCUT2D eigenvalue weighted by atomic mass is 9.87. The van der Waals surface area contributed by atoms with Gasteiger partial charge >= 0.3 is 0 Å². The molecule has 160 valence electrons. The van der Waals surface area contributed by atoms with E-state index in [2.05, 4.69) is 55.2 Å². The lowest BCUT2D eigenvalue weighted by Crippen LogP contribution is -2.27. The average molecular weight is 419 g/mol. The van der Waals surface area contributed by atoms with Gasteiger partial charge in [-0.15, -0.1) is 0 Å². The lowest BCUT2D eigenvalue weighted by Gasteiger charge is -2.23. The summed E-state index contributed by atoms with van der Waals surface area (Å²) in [6.07, 6.45) is 1.15. The minimum Gasteiger partial charge on any atom is -0.454 e. The average Bonchev–Trinajstić information content (AvgIpc) is 3.48. The predicted molar refractivity (Wildman–Crippen MR) is 114 cm³/mol. The highest BCUT2D eigenvalue weighted by Gasteiger charge is 2.36. The first kappa shape index (κ1) is 19.6. The Labute approximate surface area is 181 Å². The highest BCUT2D eigenvalue weighted by atomic mass is 16.7. The quantitative estimate of drug-likeness (QED) is 0.614. The Morgan fingerprint density at radius 3 is 2.61 bits per heavy atom. The summed E-state index contributed by atoms with van der Waals surface area (Å²) in [7, 11) is 0. The van der Waals surface area contributed by atoms with Crippen LogP contribution in [-0.2, 0) is 16.8 Å². The molecule has 0 spiro atoms. The number of aromatic nitrogens is 2. The Hall–Kier alpha value is -3.35. The number of hydrogen-bond donors (Lipinski definition) is 0. The Balaban J connectivity index is 1.36. The summed E-state index contributed by atoms with van der Waals surface area (Å²) in [5.41, 5.74) is 3.24. The molecule has 5 rings (SSSR count). The van der Waals surface area contributed by atoms with E-state index in [1.54, 1.807) is 0 Å². The molecule has 1 unspecified atom stereocenters. The number of rotatable bonds is 4. The molecule has 7 nitrogen and oxygen atoms in total. The van der Waals surface area contributed by atoms with E-state index >= 15 is 0 Å². The molecular formula is C24H25N3O4. The van der Waals surface area contributed by atoms with Gasteiger partial charge in [0, 0.05) is 18.5 Å². The van der Waals surface area contributed by atoms with Gasteiger partial charge < -0.3 is 18.9 Å². The Kier molecular flexibility index (Phi) is 4.68. The van der Waals surface area contributed by atoms with Crippen molar-refractivity contribution in [2.75, 3.05) is 6.79 Å². The van der Waals surface area contributed by atoms with E-state index in [-0.39, 0.29) is 24.2 Å². The molecule has 3 aromatic rings. The maximum Gasteiger partial charge on any atom is 0.249 e. The molecule has 1 aromatic heterocycles. The number of hydrogen-bond acceptors (Lipinski definition) is 6. The zero-order valence-corrected chi connectivity index (χ0v) is 17.9. The molecule has 0 saturated carbocycles. The fraction of sp³-hybridized carbons (Fsp3) is 0.375. The number of benzene rings is 2. The van der Waals surface area contributed by atoms with Crippen LogP contribution < -0.4 is 9.47 Å². The molecule has 0 bridgehead atoms. The number of amides is 1. The first-order valence-corrected chi connectivity index (χ1v) is 10.5. The summed E-state index contributed by atoms with van der Waals surface area (Å²) in [6.45, 7) is 7.31. The van der Waals surface area contributed by atoms with Gasteiger partial charge in [0.1, 0.15) is 6.04 Å². The zero-order chi connectivity index (χ0) is 21.6. The lowest BCUT2D eigenvalue weighted by molar-refractivity contribution is -0.129. The van der Waals surface area contributed by atoms with Crippen molar-refractivity contribution in [3.8, 4) is 22.9 Å². The molecule has 0 radical (unpaired) electrons. The first-order valence-electron chi connectivity index (χ1n) is 10.5. The van der Waals surface area contributed by atoms with Gasteiger partial charge in [0.25, 0.3) is 0 Å². The third-order valence-corrected chi connectivity index (χ3v) is 5.86. The van der Waals surface area contributed by atoms with Crippen molar-refractivity contribution in [1.82, 2.24) is 15.0 Å². The van der Waals surface area contributed by atoms with E-state index in [9.17, 15) is 4.79 Å². The van der Waals surface area contributed by atoms with Crippen LogP contribution in [0.15, 0.2) is 47.0 Å². The number of fused-ring (bicyclic) bond motifs is 1. The van der Waals surface area contributed by atoms with E-state index in [0.29, 0.717) is 42.6 Å².